The molecule has 0 aliphatic rings. The second kappa shape index (κ2) is 11.8. The van der Waals surface area contributed by atoms with Gasteiger partial charge in [-0.1, -0.05) is 59.7 Å². The second-order valence-corrected chi connectivity index (χ2v) is 8.86. The molecule has 0 amide bonds. The summed E-state index contributed by atoms with van der Waals surface area (Å²) in [5, 5.41) is 0. The van der Waals surface area contributed by atoms with Gasteiger partial charge in [-0.3, -0.25) is 0 Å². The topological polar surface area (TPSA) is 27.7 Å². The quantitative estimate of drug-likeness (QED) is 0.335. The molecule has 0 N–H and O–H groups in total. The fourth-order valence-corrected chi connectivity index (χ4v) is 2.75. The molecule has 0 atom stereocenters. The van der Waals surface area contributed by atoms with Crippen LogP contribution in [0.15, 0.2) is 24.3 Å². The number of rotatable bonds is 13. The van der Waals surface area contributed by atoms with Gasteiger partial charge in [0.1, 0.15) is 16.0 Å². The highest BCUT2D eigenvalue weighted by Crippen LogP contribution is 2.33. The minimum atomic E-state index is -0.974. The lowest BCUT2D eigenvalue weighted by molar-refractivity contribution is -0.189. The molecule has 0 unspecified atom stereocenters. The van der Waals surface area contributed by atoms with Crippen molar-refractivity contribution in [3.05, 3.63) is 29.8 Å². The standard InChI is InChI=1S/C22H37O3Si/c1-17(2)11-14-23-21-10-8-7-9-20(21)22(26,24-15-12-18(3)4)25-16-13-19(5)6/h7-10,17-19H,11-16H2,1-6H3. The summed E-state index contributed by atoms with van der Waals surface area (Å²) in [6, 6.07) is 7.99. The van der Waals surface area contributed by atoms with Gasteiger partial charge in [-0.2, -0.15) is 0 Å². The summed E-state index contributed by atoms with van der Waals surface area (Å²) in [5.74, 6) is 2.59. The maximum absolute atomic E-state index is 6.19. The van der Waals surface area contributed by atoms with Gasteiger partial charge in [0.15, 0.2) is 5.41 Å². The maximum Gasteiger partial charge on any atom is 0.172 e. The van der Waals surface area contributed by atoms with Crippen LogP contribution in [-0.2, 0) is 14.9 Å². The zero-order valence-corrected chi connectivity index (χ0v) is 18.5. The van der Waals surface area contributed by atoms with Crippen LogP contribution in [0.2, 0.25) is 0 Å². The molecule has 0 fully saturated rings. The van der Waals surface area contributed by atoms with Crippen molar-refractivity contribution >= 4 is 10.2 Å². The molecule has 0 aliphatic carbocycles. The van der Waals surface area contributed by atoms with E-state index >= 15 is 0 Å². The lowest BCUT2D eigenvalue weighted by Gasteiger charge is -2.33. The van der Waals surface area contributed by atoms with Gasteiger partial charge in [-0.15, -0.1) is 0 Å². The largest absolute Gasteiger partial charge is 0.493 e. The SMILES string of the molecule is CC(C)CCOc1ccccc1C([Si])(OCCC(C)C)OCCC(C)C. The highest BCUT2D eigenvalue weighted by Gasteiger charge is 2.32. The van der Waals surface area contributed by atoms with Gasteiger partial charge in [-0.25, -0.2) is 0 Å². The molecule has 0 spiro atoms. The number of para-hydroxylation sites is 1. The van der Waals surface area contributed by atoms with E-state index in [9.17, 15) is 0 Å². The molecular formula is C22H37O3Si. The van der Waals surface area contributed by atoms with E-state index in [0.717, 1.165) is 30.6 Å². The lowest BCUT2D eigenvalue weighted by atomic mass is 10.1. The Kier molecular flexibility index (Phi) is 10.5. The molecule has 1 aromatic carbocycles. The second-order valence-electron chi connectivity index (χ2n) is 8.21. The summed E-state index contributed by atoms with van der Waals surface area (Å²) < 4.78 is 18.4. The number of ether oxygens (including phenoxy) is 3. The van der Waals surface area contributed by atoms with Crippen molar-refractivity contribution in [3.8, 4) is 5.75 Å². The van der Waals surface area contributed by atoms with Gasteiger partial charge in [0.05, 0.1) is 19.8 Å². The minimum Gasteiger partial charge on any atom is -0.493 e. The van der Waals surface area contributed by atoms with Crippen LogP contribution in [-0.4, -0.2) is 30.1 Å². The Labute approximate surface area is 164 Å². The molecule has 0 bridgehead atoms. The zero-order valence-electron chi connectivity index (χ0n) is 17.5. The van der Waals surface area contributed by atoms with Gasteiger partial charge in [-0.05, 0) is 43.1 Å². The first kappa shape index (κ1) is 23.2. The average Bonchev–Trinajstić information content (AvgIpc) is 2.54. The molecule has 3 radical (unpaired) electrons. The molecular weight excluding hydrogens is 340 g/mol. The summed E-state index contributed by atoms with van der Waals surface area (Å²) in [6.45, 7) is 15.1. The number of hydrogen-bond donors (Lipinski definition) is 0. The van der Waals surface area contributed by atoms with E-state index < -0.39 is 5.41 Å². The molecule has 0 saturated carbocycles. The van der Waals surface area contributed by atoms with E-state index in [4.69, 9.17) is 14.2 Å². The van der Waals surface area contributed by atoms with Crippen molar-refractivity contribution in [1.29, 1.82) is 0 Å². The van der Waals surface area contributed by atoms with Crippen LogP contribution < -0.4 is 4.74 Å². The van der Waals surface area contributed by atoms with Crippen LogP contribution in [0.4, 0.5) is 0 Å². The van der Waals surface area contributed by atoms with Gasteiger partial charge < -0.3 is 14.2 Å². The highest BCUT2D eigenvalue weighted by molar-refractivity contribution is 6.14. The normalized spacial score (nSPS) is 12.4. The Morgan fingerprint density at radius 2 is 1.23 bits per heavy atom. The van der Waals surface area contributed by atoms with E-state index in [1.165, 1.54) is 0 Å². The van der Waals surface area contributed by atoms with Crippen LogP contribution in [0, 0.1) is 17.8 Å². The molecule has 26 heavy (non-hydrogen) atoms. The smallest absolute Gasteiger partial charge is 0.172 e. The lowest BCUT2D eigenvalue weighted by Crippen LogP contribution is -2.35. The Balaban J connectivity index is 2.92. The molecule has 1 aromatic rings. The predicted molar refractivity (Wildman–Crippen MR) is 110 cm³/mol. The first-order chi connectivity index (χ1) is 12.2. The maximum atomic E-state index is 6.19. The molecule has 0 aliphatic heterocycles. The van der Waals surface area contributed by atoms with Gasteiger partial charge in [0, 0.05) is 5.56 Å². The molecule has 0 aromatic heterocycles. The van der Waals surface area contributed by atoms with Crippen LogP contribution in [0.25, 0.3) is 0 Å². The zero-order chi connectivity index (χ0) is 19.6. The first-order valence-corrected chi connectivity index (χ1v) is 10.5. The summed E-state index contributed by atoms with van der Waals surface area (Å²) in [4.78, 5) is 0. The van der Waals surface area contributed by atoms with Crippen molar-refractivity contribution in [1.82, 2.24) is 0 Å². The fourth-order valence-electron chi connectivity index (χ4n) is 2.34. The van der Waals surface area contributed by atoms with E-state index in [1.807, 2.05) is 24.3 Å². The van der Waals surface area contributed by atoms with Gasteiger partial charge in [0.25, 0.3) is 0 Å². The Bertz CT molecular complexity index is 486. The highest BCUT2D eigenvalue weighted by atomic mass is 28.1. The fraction of sp³-hybridized carbons (Fsp3) is 0.727. The van der Waals surface area contributed by atoms with E-state index in [-0.39, 0.29) is 0 Å². The van der Waals surface area contributed by atoms with Crippen molar-refractivity contribution in [3.63, 3.8) is 0 Å². The summed E-state index contributed by atoms with van der Waals surface area (Å²) >= 11 is 0. The summed E-state index contributed by atoms with van der Waals surface area (Å²) in [5.41, 5.74) is -0.0778. The Morgan fingerprint density at radius 3 is 1.73 bits per heavy atom. The molecule has 147 valence electrons. The van der Waals surface area contributed by atoms with Crippen molar-refractivity contribution in [2.45, 2.75) is 66.2 Å². The third kappa shape index (κ3) is 8.70. The molecule has 0 heterocycles. The van der Waals surface area contributed by atoms with Crippen molar-refractivity contribution in [2.24, 2.45) is 17.8 Å². The monoisotopic (exact) mass is 377 g/mol. The molecule has 1 rings (SSSR count). The average molecular weight is 378 g/mol. The van der Waals surface area contributed by atoms with E-state index in [0.29, 0.717) is 37.6 Å². The van der Waals surface area contributed by atoms with Crippen molar-refractivity contribution < 1.29 is 14.2 Å². The van der Waals surface area contributed by atoms with Crippen LogP contribution in [0.5, 0.6) is 5.75 Å². The van der Waals surface area contributed by atoms with Gasteiger partial charge in [0.2, 0.25) is 0 Å². The minimum absolute atomic E-state index is 0.583. The predicted octanol–water partition coefficient (Wildman–Crippen LogP) is 5.52. The number of benzene rings is 1. The van der Waals surface area contributed by atoms with Crippen LogP contribution in [0.1, 0.15) is 66.4 Å². The third-order valence-electron chi connectivity index (χ3n) is 4.20. The third-order valence-corrected chi connectivity index (χ3v) is 4.75. The van der Waals surface area contributed by atoms with Crippen LogP contribution >= 0.6 is 0 Å². The molecule has 0 saturated heterocycles. The number of hydrogen-bond acceptors (Lipinski definition) is 3. The van der Waals surface area contributed by atoms with Crippen molar-refractivity contribution in [2.75, 3.05) is 19.8 Å². The summed E-state index contributed by atoms with van der Waals surface area (Å²) in [6.07, 6.45) is 2.98. The molecule has 4 heteroatoms. The Morgan fingerprint density at radius 1 is 0.769 bits per heavy atom. The molecule has 3 nitrogen and oxygen atoms in total. The Hall–Kier alpha value is -0.843. The summed E-state index contributed by atoms with van der Waals surface area (Å²) in [7, 11) is 3.80. The first-order valence-electron chi connectivity index (χ1n) is 9.99. The van der Waals surface area contributed by atoms with Gasteiger partial charge >= 0.3 is 0 Å². The van der Waals surface area contributed by atoms with E-state index in [1.54, 1.807) is 0 Å². The van der Waals surface area contributed by atoms with E-state index in [2.05, 4.69) is 51.8 Å². The van der Waals surface area contributed by atoms with Crippen LogP contribution in [0.3, 0.4) is 0 Å².